The lowest BCUT2D eigenvalue weighted by Gasteiger charge is -2.34. The molecule has 10 nitrogen and oxygen atoms in total. The average Bonchev–Trinajstić information content (AvgIpc) is 3.42. The number of fused-ring (bicyclic) bond motifs is 1. The number of sulfonamides is 1. The van der Waals surface area contributed by atoms with Crippen LogP contribution in [0, 0.1) is 0 Å². The van der Waals surface area contributed by atoms with E-state index < -0.39 is 10.0 Å². The molecule has 1 aromatic heterocycles. The van der Waals surface area contributed by atoms with Gasteiger partial charge in [0, 0.05) is 49.5 Å². The Kier molecular flexibility index (Phi) is 5.76. The summed E-state index contributed by atoms with van der Waals surface area (Å²) in [6.07, 6.45) is 0. The molecule has 2 aliphatic rings. The maximum Gasteiger partial charge on any atom is 0.256 e. The van der Waals surface area contributed by atoms with Gasteiger partial charge in [-0.2, -0.15) is 9.40 Å². The zero-order chi connectivity index (χ0) is 23.9. The molecule has 5 rings (SSSR count). The van der Waals surface area contributed by atoms with Crippen LogP contribution in [-0.4, -0.2) is 72.1 Å². The van der Waals surface area contributed by atoms with E-state index in [4.69, 9.17) is 0 Å². The third kappa shape index (κ3) is 4.25. The fraction of sp³-hybridized carbons (Fsp3) is 0.304. The Bertz CT molecular complexity index is 1300. The van der Waals surface area contributed by atoms with Crippen molar-refractivity contribution in [2.24, 2.45) is 0 Å². The van der Waals surface area contributed by atoms with Gasteiger partial charge in [0.15, 0.2) is 5.82 Å². The smallest absolute Gasteiger partial charge is 0.256 e. The van der Waals surface area contributed by atoms with Gasteiger partial charge in [0.25, 0.3) is 5.91 Å². The fourth-order valence-corrected chi connectivity index (χ4v) is 5.60. The molecule has 0 atom stereocenters. The third-order valence-electron chi connectivity index (χ3n) is 6.33. The van der Waals surface area contributed by atoms with Crippen molar-refractivity contribution in [1.29, 1.82) is 0 Å². The van der Waals surface area contributed by atoms with Crippen molar-refractivity contribution in [3.8, 4) is 5.75 Å². The number of anilines is 2. The van der Waals surface area contributed by atoms with Crippen LogP contribution in [0.5, 0.6) is 5.75 Å². The molecule has 11 heteroatoms. The predicted octanol–water partition coefficient (Wildman–Crippen LogP) is 1.82. The zero-order valence-corrected chi connectivity index (χ0v) is 19.5. The molecule has 0 unspecified atom stereocenters. The highest BCUT2D eigenvalue weighted by molar-refractivity contribution is 7.89. The van der Waals surface area contributed by atoms with E-state index in [0.717, 1.165) is 31.9 Å². The standard InChI is InChI=1S/C23H26N6O4S/c1-27-10-12-28(13-11-27)17-4-2-16(3-5-17)23(31)24-22-20-14-29(15-21(20)25-26-22)34(32,33)19-8-6-18(30)7-9-19/h2-9,30H,10-15H2,1H3,(H2,24,25,26,31). The van der Waals surface area contributed by atoms with Crippen LogP contribution in [0.2, 0.25) is 0 Å². The normalized spacial score (nSPS) is 17.0. The number of aromatic hydroxyl groups is 1. The minimum absolute atomic E-state index is 0.00337. The monoisotopic (exact) mass is 482 g/mol. The molecule has 0 bridgehead atoms. The maximum absolute atomic E-state index is 13.0. The number of carbonyl (C=O) groups excluding carboxylic acids is 1. The summed E-state index contributed by atoms with van der Waals surface area (Å²) in [7, 11) is -1.65. The number of piperazine rings is 1. The van der Waals surface area contributed by atoms with Crippen molar-refractivity contribution < 1.29 is 18.3 Å². The Morgan fingerprint density at radius 2 is 1.68 bits per heavy atom. The minimum Gasteiger partial charge on any atom is -0.508 e. The van der Waals surface area contributed by atoms with Crippen LogP contribution >= 0.6 is 0 Å². The van der Waals surface area contributed by atoms with Gasteiger partial charge in [-0.1, -0.05) is 0 Å². The van der Waals surface area contributed by atoms with E-state index in [-0.39, 0.29) is 29.6 Å². The van der Waals surface area contributed by atoms with Crippen LogP contribution in [0.25, 0.3) is 0 Å². The van der Waals surface area contributed by atoms with Crippen LogP contribution in [0.4, 0.5) is 11.5 Å². The van der Waals surface area contributed by atoms with Gasteiger partial charge in [0.2, 0.25) is 10.0 Å². The number of nitrogens with zero attached hydrogens (tertiary/aromatic N) is 4. The largest absolute Gasteiger partial charge is 0.508 e. The van der Waals surface area contributed by atoms with Crippen molar-refractivity contribution in [3.05, 3.63) is 65.4 Å². The molecule has 1 saturated heterocycles. The quantitative estimate of drug-likeness (QED) is 0.507. The van der Waals surface area contributed by atoms with Crippen LogP contribution in [-0.2, 0) is 23.1 Å². The summed E-state index contributed by atoms with van der Waals surface area (Å²) in [5.74, 6) is 0.0157. The molecule has 0 radical (unpaired) electrons. The third-order valence-corrected chi connectivity index (χ3v) is 8.13. The van der Waals surface area contributed by atoms with E-state index in [9.17, 15) is 18.3 Å². The summed E-state index contributed by atoms with van der Waals surface area (Å²) in [6.45, 7) is 4.13. The second kappa shape index (κ2) is 8.75. The lowest BCUT2D eigenvalue weighted by molar-refractivity contribution is 0.102. The number of amides is 1. The van der Waals surface area contributed by atoms with Gasteiger partial charge in [-0.3, -0.25) is 9.89 Å². The van der Waals surface area contributed by atoms with Gasteiger partial charge in [0.05, 0.1) is 17.1 Å². The molecule has 2 aromatic carbocycles. The van der Waals surface area contributed by atoms with Crippen molar-refractivity contribution in [2.75, 3.05) is 43.4 Å². The van der Waals surface area contributed by atoms with E-state index >= 15 is 0 Å². The molecule has 34 heavy (non-hydrogen) atoms. The summed E-state index contributed by atoms with van der Waals surface area (Å²) in [4.78, 5) is 17.5. The summed E-state index contributed by atoms with van der Waals surface area (Å²) in [5.41, 5.74) is 2.87. The van der Waals surface area contributed by atoms with Gasteiger partial charge in [-0.05, 0) is 55.6 Å². The highest BCUT2D eigenvalue weighted by Gasteiger charge is 2.34. The van der Waals surface area contributed by atoms with Gasteiger partial charge < -0.3 is 20.2 Å². The lowest BCUT2D eigenvalue weighted by atomic mass is 10.1. The van der Waals surface area contributed by atoms with Gasteiger partial charge >= 0.3 is 0 Å². The van der Waals surface area contributed by atoms with E-state index in [2.05, 4.69) is 32.4 Å². The highest BCUT2D eigenvalue weighted by Crippen LogP contribution is 2.32. The number of phenols is 1. The molecule has 0 saturated carbocycles. The summed E-state index contributed by atoms with van der Waals surface area (Å²) >= 11 is 0. The molecule has 3 aromatic rings. The number of aromatic amines is 1. The highest BCUT2D eigenvalue weighted by atomic mass is 32.2. The number of hydrogen-bond donors (Lipinski definition) is 3. The number of benzene rings is 2. The average molecular weight is 483 g/mol. The van der Waals surface area contributed by atoms with Crippen LogP contribution in [0.15, 0.2) is 53.4 Å². The Hall–Kier alpha value is -3.41. The van der Waals surface area contributed by atoms with Crippen molar-refractivity contribution in [3.63, 3.8) is 0 Å². The van der Waals surface area contributed by atoms with Crippen molar-refractivity contribution >= 4 is 27.4 Å². The number of aromatic nitrogens is 2. The van der Waals surface area contributed by atoms with Crippen LogP contribution in [0.1, 0.15) is 21.6 Å². The molecule has 3 heterocycles. The molecule has 178 valence electrons. The first kappa shape index (κ1) is 22.4. The fourth-order valence-electron chi connectivity index (χ4n) is 4.22. The number of rotatable bonds is 5. The first-order chi connectivity index (χ1) is 16.3. The molecular formula is C23H26N6O4S. The molecule has 0 aliphatic carbocycles. The Labute approximate surface area is 197 Å². The van der Waals surface area contributed by atoms with Crippen molar-refractivity contribution in [2.45, 2.75) is 18.0 Å². The second-order valence-corrected chi connectivity index (χ2v) is 10.5. The summed E-state index contributed by atoms with van der Waals surface area (Å²) in [6, 6.07) is 12.9. The molecule has 0 spiro atoms. The maximum atomic E-state index is 13.0. The summed E-state index contributed by atoms with van der Waals surface area (Å²) < 4.78 is 27.2. The number of hydrogen-bond acceptors (Lipinski definition) is 7. The summed E-state index contributed by atoms with van der Waals surface area (Å²) in [5, 5.41) is 19.3. The van der Waals surface area contributed by atoms with Crippen molar-refractivity contribution in [1.82, 2.24) is 19.4 Å². The first-order valence-electron chi connectivity index (χ1n) is 11.0. The SMILES string of the molecule is CN1CCN(c2ccc(C(=O)Nc3n[nH]c4c3CN(S(=O)(=O)c3ccc(O)cc3)C4)cc2)CC1. The predicted molar refractivity (Wildman–Crippen MR) is 127 cm³/mol. The Balaban J connectivity index is 1.26. The number of likely N-dealkylation sites (N-methyl/N-ethyl adjacent to an activating group) is 1. The van der Waals surface area contributed by atoms with E-state index in [0.29, 0.717) is 22.6 Å². The number of nitrogens with one attached hydrogen (secondary N) is 2. The van der Waals surface area contributed by atoms with Crippen LogP contribution < -0.4 is 10.2 Å². The number of carbonyl (C=O) groups is 1. The molecule has 2 aliphatic heterocycles. The molecule has 3 N–H and O–H groups in total. The molecule has 1 fully saturated rings. The topological polar surface area (TPSA) is 122 Å². The molecule has 1 amide bonds. The Morgan fingerprint density at radius 1 is 1.00 bits per heavy atom. The number of H-pyrrole nitrogens is 1. The van der Waals surface area contributed by atoms with Gasteiger partial charge in [0.1, 0.15) is 5.75 Å². The van der Waals surface area contributed by atoms with E-state index in [1.807, 2.05) is 12.1 Å². The molecular weight excluding hydrogens is 456 g/mol. The zero-order valence-electron chi connectivity index (χ0n) is 18.7. The lowest BCUT2D eigenvalue weighted by Crippen LogP contribution is -2.44. The minimum atomic E-state index is -3.76. The number of phenolic OH excluding ortho intramolecular Hbond substituents is 1. The first-order valence-corrected chi connectivity index (χ1v) is 12.5. The second-order valence-electron chi connectivity index (χ2n) is 8.59. The van der Waals surface area contributed by atoms with E-state index in [1.165, 1.54) is 28.6 Å². The van der Waals surface area contributed by atoms with Gasteiger partial charge in [-0.15, -0.1) is 0 Å². The van der Waals surface area contributed by atoms with Crippen LogP contribution in [0.3, 0.4) is 0 Å². The van der Waals surface area contributed by atoms with E-state index in [1.54, 1.807) is 12.1 Å². The Morgan fingerprint density at radius 3 is 2.35 bits per heavy atom. The van der Waals surface area contributed by atoms with Gasteiger partial charge in [-0.25, -0.2) is 8.42 Å².